The molecule has 0 saturated carbocycles. The summed E-state index contributed by atoms with van der Waals surface area (Å²) in [5.41, 5.74) is 3.11. The van der Waals surface area contributed by atoms with Gasteiger partial charge in [-0.15, -0.1) is 0 Å². The third-order valence-corrected chi connectivity index (χ3v) is 5.80. The molecule has 166 valence electrons. The first-order valence-electron chi connectivity index (χ1n) is 9.59. The molecular formula is C19H26FN8O2S+. The Labute approximate surface area is 183 Å². The monoisotopic (exact) mass is 449 g/mol. The molecule has 0 unspecified atom stereocenters. The number of halogens is 1. The molecule has 31 heavy (non-hydrogen) atoms. The van der Waals surface area contributed by atoms with Crippen molar-refractivity contribution in [2.24, 2.45) is 16.8 Å². The van der Waals surface area contributed by atoms with Crippen molar-refractivity contribution in [1.82, 2.24) is 9.99 Å². The van der Waals surface area contributed by atoms with Gasteiger partial charge < -0.3 is 16.1 Å². The number of carbonyl (C=O) groups excluding carboxylic acids is 1. The number of amidine groups is 1. The smallest absolute Gasteiger partial charge is 0.258 e. The first-order chi connectivity index (χ1) is 14.9. The highest BCUT2D eigenvalue weighted by molar-refractivity contribution is 8.13. The lowest BCUT2D eigenvalue weighted by Gasteiger charge is -2.18. The molecule has 0 aliphatic carbocycles. The lowest BCUT2D eigenvalue weighted by atomic mass is 10.2. The maximum absolute atomic E-state index is 14.7. The highest BCUT2D eigenvalue weighted by Crippen LogP contribution is 2.28. The second-order valence-electron chi connectivity index (χ2n) is 6.91. The minimum Gasteiger partial charge on any atom is -0.370 e. The van der Waals surface area contributed by atoms with Crippen molar-refractivity contribution < 1.29 is 19.5 Å². The van der Waals surface area contributed by atoms with Gasteiger partial charge in [0.1, 0.15) is 0 Å². The van der Waals surface area contributed by atoms with Gasteiger partial charge in [0.2, 0.25) is 5.17 Å². The van der Waals surface area contributed by atoms with E-state index < -0.39 is 11.7 Å². The average molecular weight is 450 g/mol. The molecule has 1 saturated heterocycles. The molecule has 7 N–H and O–H groups in total. The number of hydrogen-bond acceptors (Lipinski definition) is 8. The summed E-state index contributed by atoms with van der Waals surface area (Å²) < 4.78 is 14.7. The summed E-state index contributed by atoms with van der Waals surface area (Å²) in [4.78, 5) is 24.8. The van der Waals surface area contributed by atoms with E-state index in [-0.39, 0.29) is 16.5 Å². The van der Waals surface area contributed by atoms with Crippen LogP contribution in [-0.2, 0) is 4.84 Å². The number of thioether (sulfide) groups is 1. The number of nitrogens with one attached hydrogen (secondary N) is 1. The molecule has 0 spiro atoms. The van der Waals surface area contributed by atoms with Crippen molar-refractivity contribution in [3.63, 3.8) is 0 Å². The molecule has 1 aliphatic heterocycles. The molecule has 2 aromatic rings. The van der Waals surface area contributed by atoms with E-state index in [1.165, 1.54) is 23.7 Å². The number of nitrogens with two attached hydrogens (primary N) is 3. The second-order valence-corrected chi connectivity index (χ2v) is 7.92. The van der Waals surface area contributed by atoms with Crippen LogP contribution in [0.3, 0.4) is 0 Å². The number of anilines is 2. The molecule has 1 aromatic carbocycles. The van der Waals surface area contributed by atoms with Crippen LogP contribution in [0.4, 0.5) is 21.6 Å². The zero-order valence-corrected chi connectivity index (χ0v) is 18.2. The lowest BCUT2D eigenvalue weighted by molar-refractivity contribution is -0.830. The minimum atomic E-state index is -0.600. The van der Waals surface area contributed by atoms with Crippen molar-refractivity contribution in [3.05, 3.63) is 41.8 Å². The van der Waals surface area contributed by atoms with Crippen LogP contribution in [0.1, 0.15) is 23.2 Å². The Morgan fingerprint density at radius 2 is 2.13 bits per heavy atom. The van der Waals surface area contributed by atoms with E-state index in [2.05, 4.69) is 20.3 Å². The summed E-state index contributed by atoms with van der Waals surface area (Å²) in [6, 6.07) is 6.47. The van der Waals surface area contributed by atoms with E-state index in [1.54, 1.807) is 31.4 Å². The van der Waals surface area contributed by atoms with Gasteiger partial charge in [-0.2, -0.15) is 10.6 Å². The van der Waals surface area contributed by atoms with E-state index >= 15 is 0 Å². The Morgan fingerprint density at radius 3 is 2.74 bits per heavy atom. The van der Waals surface area contributed by atoms with Crippen molar-refractivity contribution in [2.75, 3.05) is 37.5 Å². The standard InChI is InChI=1S/C19H25FN8O2S/c1-27(22)19(25-21)31-16-6-5-12(26-30-2)9-14(16)18(29)24-17-15(20)10-13(11-23-17)28-7-3-4-8-28/h5-6,9-11,26H,3-4,7-8,21-22H2,1-2H3,(H,23,24,29)/p+1/b25-19+. The van der Waals surface area contributed by atoms with E-state index in [9.17, 15) is 9.18 Å². The lowest BCUT2D eigenvalue weighted by Crippen LogP contribution is -2.75. The molecule has 1 fully saturated rings. The van der Waals surface area contributed by atoms with Gasteiger partial charge in [0, 0.05) is 43.2 Å². The second kappa shape index (κ2) is 10.4. The number of hydrogen-bond donors (Lipinski definition) is 4. The quantitative estimate of drug-likeness (QED) is 0.128. The third kappa shape index (κ3) is 5.61. The Bertz CT molecular complexity index is 966. The average Bonchev–Trinajstić information content (AvgIpc) is 3.29. The molecule has 0 bridgehead atoms. The number of quaternary nitrogens is 1. The third-order valence-electron chi connectivity index (χ3n) is 4.65. The van der Waals surface area contributed by atoms with Crippen LogP contribution in [-0.4, -0.2) is 48.3 Å². The summed E-state index contributed by atoms with van der Waals surface area (Å²) in [6.45, 7) is 1.74. The Kier molecular flexibility index (Phi) is 7.63. The zero-order chi connectivity index (χ0) is 22.4. The maximum atomic E-state index is 14.7. The van der Waals surface area contributed by atoms with Gasteiger partial charge in [0.15, 0.2) is 17.3 Å². The molecule has 3 rings (SSSR count). The largest absolute Gasteiger partial charge is 0.370 e. The molecule has 2 heterocycles. The normalized spacial score (nSPS) is 14.1. The summed E-state index contributed by atoms with van der Waals surface area (Å²) in [5, 5.41) is 7.70. The first-order valence-corrected chi connectivity index (χ1v) is 10.4. The molecule has 1 amide bonds. The van der Waals surface area contributed by atoms with Crippen LogP contribution in [0.2, 0.25) is 0 Å². The SMILES string of the molecule is CO[NH2+]c1ccc(S/C(=N/N)N(C)N)c(C(=O)Nc2ncc(N3CCCC3)cc2F)c1. The van der Waals surface area contributed by atoms with Gasteiger partial charge in [-0.3, -0.25) is 9.80 Å². The summed E-state index contributed by atoms with van der Waals surface area (Å²) in [5.74, 6) is 9.83. The van der Waals surface area contributed by atoms with Gasteiger partial charge in [0.05, 0.1) is 24.6 Å². The van der Waals surface area contributed by atoms with Gasteiger partial charge in [-0.05, 0) is 30.7 Å². The minimum absolute atomic E-state index is 0.145. The molecule has 0 atom stereocenters. The van der Waals surface area contributed by atoms with Crippen LogP contribution >= 0.6 is 11.8 Å². The number of amides is 1. The van der Waals surface area contributed by atoms with E-state index in [0.29, 0.717) is 16.3 Å². The zero-order valence-electron chi connectivity index (χ0n) is 17.3. The number of benzene rings is 1. The molecule has 12 heteroatoms. The van der Waals surface area contributed by atoms with E-state index in [1.807, 2.05) is 0 Å². The van der Waals surface area contributed by atoms with Crippen LogP contribution in [0.25, 0.3) is 0 Å². The Hall–Kier alpha value is -2.93. The number of hydrazone groups is 1. The van der Waals surface area contributed by atoms with Crippen LogP contribution in [0, 0.1) is 5.82 Å². The fourth-order valence-electron chi connectivity index (χ4n) is 3.15. The van der Waals surface area contributed by atoms with Crippen LogP contribution in [0.15, 0.2) is 40.5 Å². The van der Waals surface area contributed by atoms with Crippen LogP contribution < -0.4 is 27.4 Å². The fraction of sp³-hybridized carbons (Fsp3) is 0.316. The summed E-state index contributed by atoms with van der Waals surface area (Å²) in [7, 11) is 3.08. The van der Waals surface area contributed by atoms with Crippen molar-refractivity contribution in [1.29, 1.82) is 0 Å². The topological polar surface area (TPSA) is 139 Å². The predicted molar refractivity (Wildman–Crippen MR) is 118 cm³/mol. The van der Waals surface area contributed by atoms with Crippen molar-refractivity contribution >= 4 is 40.0 Å². The Morgan fingerprint density at radius 1 is 1.39 bits per heavy atom. The number of pyridine rings is 1. The number of nitrogens with zero attached hydrogens (tertiary/aromatic N) is 4. The molecule has 1 aliphatic rings. The van der Waals surface area contributed by atoms with Crippen LogP contribution in [0.5, 0.6) is 0 Å². The highest BCUT2D eigenvalue weighted by Gasteiger charge is 2.20. The highest BCUT2D eigenvalue weighted by atomic mass is 32.2. The van der Waals surface area contributed by atoms with Crippen molar-refractivity contribution in [3.8, 4) is 0 Å². The maximum Gasteiger partial charge on any atom is 0.258 e. The van der Waals surface area contributed by atoms with Gasteiger partial charge in [0.25, 0.3) is 5.91 Å². The Balaban J connectivity index is 1.86. The number of carbonyl (C=O) groups is 1. The first kappa shape index (κ1) is 22.7. The number of hydrazine groups is 1. The van der Waals surface area contributed by atoms with E-state index in [0.717, 1.165) is 37.7 Å². The summed E-state index contributed by atoms with van der Waals surface area (Å²) >= 11 is 1.10. The molecule has 10 nitrogen and oxygen atoms in total. The number of aromatic nitrogens is 1. The van der Waals surface area contributed by atoms with Gasteiger partial charge in [-0.25, -0.2) is 20.1 Å². The van der Waals surface area contributed by atoms with Gasteiger partial charge >= 0.3 is 0 Å². The van der Waals surface area contributed by atoms with Gasteiger partial charge in [-0.1, -0.05) is 0 Å². The molecule has 1 aromatic heterocycles. The molecule has 0 radical (unpaired) electrons. The molecular weight excluding hydrogens is 423 g/mol. The predicted octanol–water partition coefficient (Wildman–Crippen LogP) is 0.957. The van der Waals surface area contributed by atoms with Crippen molar-refractivity contribution in [2.45, 2.75) is 17.7 Å². The number of rotatable bonds is 6. The summed E-state index contributed by atoms with van der Waals surface area (Å²) in [6.07, 6.45) is 3.71. The fourth-order valence-corrected chi connectivity index (χ4v) is 3.95. The van der Waals surface area contributed by atoms with E-state index in [4.69, 9.17) is 16.5 Å².